The molecule has 5 rings (SSSR count). The van der Waals surface area contributed by atoms with Crippen molar-refractivity contribution < 1.29 is 19.2 Å². The lowest BCUT2D eigenvalue weighted by molar-refractivity contribution is -0.122. The summed E-state index contributed by atoms with van der Waals surface area (Å²) in [5.41, 5.74) is 3.27. The molecule has 6 heteroatoms. The van der Waals surface area contributed by atoms with Crippen molar-refractivity contribution in [2.75, 3.05) is 14.1 Å². The summed E-state index contributed by atoms with van der Waals surface area (Å²) in [5.74, 6) is -1.48. The van der Waals surface area contributed by atoms with E-state index < -0.39 is 5.91 Å². The predicted molar refractivity (Wildman–Crippen MR) is 178 cm³/mol. The van der Waals surface area contributed by atoms with E-state index in [9.17, 15) is 19.2 Å². The Hall–Kier alpha value is -4.32. The first-order valence-corrected chi connectivity index (χ1v) is 14.8. The summed E-state index contributed by atoms with van der Waals surface area (Å²) in [7, 11) is 2.94. The molecule has 2 aliphatic rings. The van der Waals surface area contributed by atoms with Crippen LogP contribution in [0, 0.1) is 6.92 Å². The summed E-state index contributed by atoms with van der Waals surface area (Å²) in [6, 6.07) is 7.17. The third-order valence-corrected chi connectivity index (χ3v) is 7.03. The average molecular weight is 571 g/mol. The average Bonchev–Trinajstić information content (AvgIpc) is 3.05. The SMILES string of the molecule is C=CC1=c2c(ccc3c2c(C)c(C=C)c2c4c(ccc23)C(=O)N(C)C(=O)C=4C)C(=O)N(C)C1=O.CC.CC.CC.CC. The van der Waals surface area contributed by atoms with Crippen molar-refractivity contribution in [1.82, 2.24) is 9.80 Å². The van der Waals surface area contributed by atoms with Crippen LogP contribution in [0.25, 0.3) is 38.8 Å². The fourth-order valence-electron chi connectivity index (χ4n) is 5.31. The molecule has 0 spiro atoms. The highest BCUT2D eigenvalue weighted by Crippen LogP contribution is 2.33. The number of carbonyl (C=O) groups is 4. The maximum absolute atomic E-state index is 13.0. The second-order valence-corrected chi connectivity index (χ2v) is 8.65. The molecule has 0 bridgehead atoms. The lowest BCUT2D eigenvalue weighted by Gasteiger charge is -2.26. The molecule has 0 saturated heterocycles. The Morgan fingerprint density at radius 1 is 0.571 bits per heavy atom. The quantitative estimate of drug-likeness (QED) is 0.251. The van der Waals surface area contributed by atoms with Gasteiger partial charge in [0.15, 0.2) is 0 Å². The van der Waals surface area contributed by atoms with Gasteiger partial charge < -0.3 is 0 Å². The highest BCUT2D eigenvalue weighted by atomic mass is 16.2. The minimum Gasteiger partial charge on any atom is -0.278 e. The van der Waals surface area contributed by atoms with Crippen LogP contribution in [0.2, 0.25) is 0 Å². The summed E-state index contributed by atoms with van der Waals surface area (Å²) in [6.45, 7) is 27.5. The third-order valence-electron chi connectivity index (χ3n) is 7.03. The lowest BCUT2D eigenvalue weighted by Crippen LogP contribution is -2.43. The van der Waals surface area contributed by atoms with E-state index in [1.165, 1.54) is 20.2 Å². The Balaban J connectivity index is 0.00000102. The van der Waals surface area contributed by atoms with Crippen molar-refractivity contribution in [1.29, 1.82) is 0 Å². The molecule has 0 aromatic heterocycles. The number of fused-ring (bicyclic) bond motifs is 7. The molecule has 224 valence electrons. The lowest BCUT2D eigenvalue weighted by atomic mass is 9.84. The van der Waals surface area contributed by atoms with Gasteiger partial charge >= 0.3 is 0 Å². The number of benzene rings is 3. The van der Waals surface area contributed by atoms with Gasteiger partial charge in [0.25, 0.3) is 23.6 Å². The standard InChI is InChI=1S/C28H22N2O4.4C2H6/c1-7-15-13(3)21-17(9-12-20-24(21)16(8-2)26(32)30(6)28(20)34)18-10-11-19-22(23(15)18)14(4)25(31)29(5)27(19)33;4*1-2/h7-12H,1-2H2,3-6H3;4*1-2H3. The van der Waals surface area contributed by atoms with Gasteiger partial charge in [-0.05, 0) is 58.7 Å². The number of carbonyl (C=O) groups excluding carboxylic acids is 4. The van der Waals surface area contributed by atoms with Crippen LogP contribution in [0.5, 0.6) is 0 Å². The van der Waals surface area contributed by atoms with E-state index >= 15 is 0 Å². The van der Waals surface area contributed by atoms with Crippen molar-refractivity contribution in [2.24, 2.45) is 0 Å². The number of aryl methyl sites for hydroxylation is 1. The summed E-state index contributed by atoms with van der Waals surface area (Å²) >= 11 is 0. The number of imide groups is 2. The summed E-state index contributed by atoms with van der Waals surface area (Å²) in [4.78, 5) is 53.8. The summed E-state index contributed by atoms with van der Waals surface area (Å²) in [6.07, 6.45) is 3.18. The van der Waals surface area contributed by atoms with Gasteiger partial charge in [0.1, 0.15) is 0 Å². The molecule has 0 atom stereocenters. The van der Waals surface area contributed by atoms with Gasteiger partial charge in [-0.3, -0.25) is 29.0 Å². The Bertz CT molecular complexity index is 1710. The molecule has 2 heterocycles. The van der Waals surface area contributed by atoms with Crippen molar-refractivity contribution in [3.8, 4) is 0 Å². The Labute approximate surface area is 250 Å². The van der Waals surface area contributed by atoms with Crippen LogP contribution in [0.1, 0.15) is 94.2 Å². The van der Waals surface area contributed by atoms with Crippen LogP contribution >= 0.6 is 0 Å². The van der Waals surface area contributed by atoms with Crippen LogP contribution in [0.3, 0.4) is 0 Å². The molecule has 3 aromatic carbocycles. The maximum Gasteiger partial charge on any atom is 0.261 e. The Morgan fingerprint density at radius 2 is 1.00 bits per heavy atom. The summed E-state index contributed by atoms with van der Waals surface area (Å²) < 4.78 is 0. The minimum atomic E-state index is -0.409. The first-order chi connectivity index (χ1) is 20.1. The second-order valence-electron chi connectivity index (χ2n) is 8.65. The van der Waals surface area contributed by atoms with E-state index in [4.69, 9.17) is 0 Å². The van der Waals surface area contributed by atoms with Crippen LogP contribution in [0.4, 0.5) is 0 Å². The largest absolute Gasteiger partial charge is 0.278 e. The number of rotatable bonds is 2. The van der Waals surface area contributed by atoms with Crippen LogP contribution < -0.4 is 10.4 Å². The highest BCUT2D eigenvalue weighted by molar-refractivity contribution is 6.30. The predicted octanol–water partition coefficient (Wildman–Crippen LogP) is 6.78. The Kier molecular flexibility index (Phi) is 12.8. The van der Waals surface area contributed by atoms with Gasteiger partial charge in [-0.25, -0.2) is 0 Å². The molecule has 2 aliphatic heterocycles. The number of hydrogen-bond acceptors (Lipinski definition) is 4. The van der Waals surface area contributed by atoms with Gasteiger partial charge in [-0.15, -0.1) is 0 Å². The highest BCUT2D eigenvalue weighted by Gasteiger charge is 2.32. The third kappa shape index (κ3) is 5.34. The van der Waals surface area contributed by atoms with Gasteiger partial charge in [0, 0.05) is 46.8 Å². The van der Waals surface area contributed by atoms with Gasteiger partial charge in [-0.1, -0.05) is 92.8 Å². The van der Waals surface area contributed by atoms with Gasteiger partial charge in [0.05, 0.1) is 0 Å². The van der Waals surface area contributed by atoms with Crippen molar-refractivity contribution >= 4 is 62.4 Å². The van der Waals surface area contributed by atoms with Crippen molar-refractivity contribution in [3.05, 3.63) is 76.2 Å². The van der Waals surface area contributed by atoms with Crippen molar-refractivity contribution in [2.45, 2.75) is 69.2 Å². The minimum absolute atomic E-state index is 0.343. The van der Waals surface area contributed by atoms with Crippen LogP contribution in [0.15, 0.2) is 43.5 Å². The summed E-state index contributed by atoms with van der Waals surface area (Å²) in [5, 5.41) is 4.29. The fourth-order valence-corrected chi connectivity index (χ4v) is 5.31. The second kappa shape index (κ2) is 15.1. The normalized spacial score (nSPS) is 13.4. The molecule has 0 aliphatic carbocycles. The molecule has 3 aromatic rings. The van der Waals surface area contributed by atoms with Crippen LogP contribution in [-0.2, 0) is 9.59 Å². The van der Waals surface area contributed by atoms with E-state index in [0.717, 1.165) is 42.5 Å². The van der Waals surface area contributed by atoms with E-state index in [1.54, 1.807) is 25.1 Å². The van der Waals surface area contributed by atoms with Gasteiger partial charge in [-0.2, -0.15) is 0 Å². The Morgan fingerprint density at radius 3 is 1.45 bits per heavy atom. The first-order valence-electron chi connectivity index (χ1n) is 14.8. The molecular formula is C36H46N2O4. The fraction of sp³-hybridized carbons (Fsp3) is 0.333. The molecule has 0 saturated carbocycles. The first kappa shape index (κ1) is 35.7. The molecule has 0 radical (unpaired) electrons. The van der Waals surface area contributed by atoms with Crippen LogP contribution in [-0.4, -0.2) is 47.5 Å². The van der Waals surface area contributed by atoms with Gasteiger partial charge in [0.2, 0.25) is 0 Å². The molecule has 6 nitrogen and oxygen atoms in total. The zero-order valence-corrected chi connectivity index (χ0v) is 27.4. The van der Waals surface area contributed by atoms with E-state index in [-0.39, 0.29) is 17.7 Å². The smallest absolute Gasteiger partial charge is 0.261 e. The molecule has 0 N–H and O–H groups in total. The molecule has 42 heavy (non-hydrogen) atoms. The van der Waals surface area contributed by atoms with E-state index in [1.807, 2.05) is 74.4 Å². The molecule has 0 unspecified atom stereocenters. The van der Waals surface area contributed by atoms with Crippen molar-refractivity contribution in [3.63, 3.8) is 0 Å². The number of amides is 4. The molecule has 4 amide bonds. The maximum atomic E-state index is 13.0. The zero-order valence-electron chi connectivity index (χ0n) is 27.4. The topological polar surface area (TPSA) is 74.8 Å². The van der Waals surface area contributed by atoms with E-state index in [0.29, 0.717) is 32.7 Å². The molecular weight excluding hydrogens is 524 g/mol. The monoisotopic (exact) mass is 570 g/mol. The molecule has 0 fully saturated rings. The zero-order chi connectivity index (χ0) is 32.6. The number of nitrogens with zero attached hydrogens (tertiary/aromatic N) is 2. The number of hydrogen-bond donors (Lipinski definition) is 0. The van der Waals surface area contributed by atoms with E-state index in [2.05, 4.69) is 13.2 Å².